The van der Waals surface area contributed by atoms with Crippen LogP contribution in [0.2, 0.25) is 0 Å². The minimum absolute atomic E-state index is 0.0873. The molecule has 0 bridgehead atoms. The van der Waals surface area contributed by atoms with Crippen molar-refractivity contribution in [1.29, 1.82) is 0 Å². The number of rotatable bonds is 6. The van der Waals surface area contributed by atoms with Gasteiger partial charge in [-0.25, -0.2) is 4.79 Å². The predicted octanol–water partition coefficient (Wildman–Crippen LogP) is 0.765. The number of aromatic nitrogens is 2. The molecule has 1 amide bonds. The number of amides is 1. The molecule has 0 spiro atoms. The molecule has 128 valence electrons. The molecule has 1 saturated heterocycles. The number of carbonyl (C=O) groups excluding carboxylic acids is 1. The van der Waals surface area contributed by atoms with Crippen LogP contribution in [-0.4, -0.2) is 34.7 Å². The topological polar surface area (TPSA) is 93.2 Å². The fourth-order valence-electron chi connectivity index (χ4n) is 2.92. The number of aromatic amines is 1. The molecular formula is C17H21N3O4. The van der Waals surface area contributed by atoms with Gasteiger partial charge in [-0.1, -0.05) is 12.1 Å². The highest BCUT2D eigenvalue weighted by Gasteiger charge is 2.16. The van der Waals surface area contributed by atoms with Gasteiger partial charge < -0.3 is 15.0 Å². The molecule has 1 atom stereocenters. The molecule has 7 heteroatoms. The lowest BCUT2D eigenvalue weighted by atomic mass is 10.2. The lowest BCUT2D eigenvalue weighted by Gasteiger charge is -2.11. The van der Waals surface area contributed by atoms with Gasteiger partial charge in [-0.15, -0.1) is 0 Å². The molecule has 2 aromatic rings. The van der Waals surface area contributed by atoms with Crippen LogP contribution >= 0.6 is 0 Å². The molecule has 24 heavy (non-hydrogen) atoms. The molecule has 0 radical (unpaired) electrons. The summed E-state index contributed by atoms with van der Waals surface area (Å²) in [5.74, 6) is -0.0873. The van der Waals surface area contributed by atoms with Gasteiger partial charge in [0.2, 0.25) is 5.91 Å². The summed E-state index contributed by atoms with van der Waals surface area (Å²) in [4.78, 5) is 38.9. The third-order valence-corrected chi connectivity index (χ3v) is 4.23. The quantitative estimate of drug-likeness (QED) is 0.817. The molecule has 2 N–H and O–H groups in total. The van der Waals surface area contributed by atoms with E-state index in [1.807, 2.05) is 0 Å². The highest BCUT2D eigenvalue weighted by molar-refractivity contribution is 5.77. The number of ether oxygens (including phenoxy) is 1. The zero-order valence-electron chi connectivity index (χ0n) is 13.4. The van der Waals surface area contributed by atoms with E-state index in [2.05, 4.69) is 10.3 Å². The Morgan fingerprint density at radius 1 is 1.33 bits per heavy atom. The Bertz CT molecular complexity index is 834. The van der Waals surface area contributed by atoms with Crippen LogP contribution in [0.4, 0.5) is 0 Å². The fourth-order valence-corrected chi connectivity index (χ4v) is 2.92. The summed E-state index contributed by atoms with van der Waals surface area (Å²) in [6.07, 6.45) is 2.82. The molecule has 1 aliphatic heterocycles. The van der Waals surface area contributed by atoms with Gasteiger partial charge in [-0.3, -0.25) is 14.2 Å². The van der Waals surface area contributed by atoms with Gasteiger partial charge in [0.15, 0.2) is 0 Å². The van der Waals surface area contributed by atoms with Crippen molar-refractivity contribution in [1.82, 2.24) is 14.9 Å². The molecule has 1 unspecified atom stereocenters. The third kappa shape index (κ3) is 3.73. The monoisotopic (exact) mass is 331 g/mol. The van der Waals surface area contributed by atoms with Gasteiger partial charge >= 0.3 is 5.69 Å². The first kappa shape index (κ1) is 16.4. The van der Waals surface area contributed by atoms with Gasteiger partial charge in [0.05, 0.1) is 17.0 Å². The van der Waals surface area contributed by atoms with Crippen LogP contribution in [0.5, 0.6) is 0 Å². The summed E-state index contributed by atoms with van der Waals surface area (Å²) in [6, 6.07) is 6.89. The molecule has 2 heterocycles. The normalized spacial score (nSPS) is 17.2. The SMILES string of the molecule is O=C(CCCn1c(=O)[nH]c2ccccc2c1=O)NCC1CCCO1. The molecular weight excluding hydrogens is 310 g/mol. The number of fused-ring (bicyclic) bond motifs is 1. The van der Waals surface area contributed by atoms with Crippen molar-refractivity contribution in [2.75, 3.05) is 13.2 Å². The Morgan fingerprint density at radius 2 is 2.17 bits per heavy atom. The average molecular weight is 331 g/mol. The van der Waals surface area contributed by atoms with E-state index in [9.17, 15) is 14.4 Å². The smallest absolute Gasteiger partial charge is 0.328 e. The number of nitrogens with zero attached hydrogens (tertiary/aromatic N) is 1. The Labute approximate surface area is 138 Å². The van der Waals surface area contributed by atoms with Crippen molar-refractivity contribution in [3.63, 3.8) is 0 Å². The van der Waals surface area contributed by atoms with E-state index in [0.29, 0.717) is 23.9 Å². The number of H-pyrrole nitrogens is 1. The maximum atomic E-state index is 12.4. The minimum Gasteiger partial charge on any atom is -0.376 e. The van der Waals surface area contributed by atoms with Gasteiger partial charge in [-0.2, -0.15) is 0 Å². The second kappa shape index (κ2) is 7.44. The maximum absolute atomic E-state index is 12.4. The maximum Gasteiger partial charge on any atom is 0.328 e. The van der Waals surface area contributed by atoms with E-state index in [1.165, 1.54) is 0 Å². The minimum atomic E-state index is -0.446. The van der Waals surface area contributed by atoms with Gasteiger partial charge in [-0.05, 0) is 31.4 Å². The number of hydrogen-bond donors (Lipinski definition) is 2. The van der Waals surface area contributed by atoms with Crippen LogP contribution in [0.1, 0.15) is 25.7 Å². The molecule has 1 fully saturated rings. The highest BCUT2D eigenvalue weighted by atomic mass is 16.5. The molecule has 1 aromatic heterocycles. The van der Waals surface area contributed by atoms with Crippen LogP contribution in [0.3, 0.4) is 0 Å². The number of para-hydroxylation sites is 1. The number of carbonyl (C=O) groups is 1. The summed E-state index contributed by atoms with van der Waals surface area (Å²) in [5.41, 5.74) is -0.245. The number of hydrogen-bond acceptors (Lipinski definition) is 4. The first-order chi connectivity index (χ1) is 11.6. The number of benzene rings is 1. The van der Waals surface area contributed by atoms with Crippen LogP contribution in [0, 0.1) is 0 Å². The van der Waals surface area contributed by atoms with E-state index in [-0.39, 0.29) is 30.5 Å². The summed E-state index contributed by atoms with van der Waals surface area (Å²) in [5, 5.41) is 3.30. The summed E-state index contributed by atoms with van der Waals surface area (Å²) >= 11 is 0. The van der Waals surface area contributed by atoms with Gasteiger partial charge in [0.25, 0.3) is 5.56 Å². The standard InChI is InChI=1S/C17H21N3O4/c21-15(18-11-12-5-4-10-24-12)8-3-9-20-16(22)13-6-1-2-7-14(13)19-17(20)23/h1-2,6-7,12H,3-5,8-11H2,(H,18,21)(H,19,23). The first-order valence-electron chi connectivity index (χ1n) is 8.25. The second-order valence-electron chi connectivity index (χ2n) is 5.98. The summed E-state index contributed by atoms with van der Waals surface area (Å²) < 4.78 is 6.59. The van der Waals surface area contributed by atoms with Gasteiger partial charge in [0.1, 0.15) is 0 Å². The first-order valence-corrected chi connectivity index (χ1v) is 8.25. The third-order valence-electron chi connectivity index (χ3n) is 4.23. The Kier molecular flexibility index (Phi) is 5.10. The van der Waals surface area contributed by atoms with E-state index in [1.54, 1.807) is 24.3 Å². The molecule has 7 nitrogen and oxygen atoms in total. The van der Waals surface area contributed by atoms with E-state index in [0.717, 1.165) is 24.0 Å². The van der Waals surface area contributed by atoms with Crippen molar-refractivity contribution in [2.24, 2.45) is 0 Å². The van der Waals surface area contributed by atoms with Crippen molar-refractivity contribution in [2.45, 2.75) is 38.3 Å². The van der Waals surface area contributed by atoms with Crippen molar-refractivity contribution < 1.29 is 9.53 Å². The van der Waals surface area contributed by atoms with Gasteiger partial charge in [0, 0.05) is 26.1 Å². The largest absolute Gasteiger partial charge is 0.376 e. The average Bonchev–Trinajstić information content (AvgIpc) is 3.09. The fraction of sp³-hybridized carbons (Fsp3) is 0.471. The Hall–Kier alpha value is -2.41. The molecule has 1 aliphatic rings. The second-order valence-corrected chi connectivity index (χ2v) is 5.98. The zero-order valence-corrected chi connectivity index (χ0v) is 13.4. The lowest BCUT2D eigenvalue weighted by Crippen LogP contribution is -2.36. The van der Waals surface area contributed by atoms with Crippen LogP contribution in [0.15, 0.2) is 33.9 Å². The lowest BCUT2D eigenvalue weighted by molar-refractivity contribution is -0.121. The molecule has 1 aromatic carbocycles. The zero-order chi connectivity index (χ0) is 16.9. The Balaban J connectivity index is 1.56. The van der Waals surface area contributed by atoms with Crippen molar-refractivity contribution in [3.05, 3.63) is 45.1 Å². The summed E-state index contributed by atoms with van der Waals surface area (Å²) in [6.45, 7) is 1.50. The van der Waals surface area contributed by atoms with Crippen LogP contribution in [-0.2, 0) is 16.1 Å². The van der Waals surface area contributed by atoms with E-state index in [4.69, 9.17) is 4.74 Å². The van der Waals surface area contributed by atoms with Crippen molar-refractivity contribution >= 4 is 16.8 Å². The Morgan fingerprint density at radius 3 is 2.96 bits per heavy atom. The van der Waals surface area contributed by atoms with E-state index < -0.39 is 5.69 Å². The summed E-state index contributed by atoms with van der Waals surface area (Å²) in [7, 11) is 0. The van der Waals surface area contributed by atoms with Crippen LogP contribution < -0.4 is 16.6 Å². The highest BCUT2D eigenvalue weighted by Crippen LogP contribution is 2.10. The van der Waals surface area contributed by atoms with Crippen LogP contribution in [0.25, 0.3) is 10.9 Å². The molecule has 0 saturated carbocycles. The number of nitrogens with one attached hydrogen (secondary N) is 2. The van der Waals surface area contributed by atoms with Crippen molar-refractivity contribution in [3.8, 4) is 0 Å². The predicted molar refractivity (Wildman–Crippen MR) is 90.0 cm³/mol. The molecule has 3 rings (SSSR count). The van der Waals surface area contributed by atoms with E-state index >= 15 is 0 Å². The molecule has 0 aliphatic carbocycles.